The molecule has 0 heteroatoms. The van der Waals surface area contributed by atoms with E-state index >= 15 is 0 Å². The highest BCUT2D eigenvalue weighted by molar-refractivity contribution is 5.38. The zero-order valence-corrected chi connectivity index (χ0v) is 26.6. The van der Waals surface area contributed by atoms with Crippen LogP contribution < -0.4 is 0 Å². The molecule has 5 rings (SSSR count). The van der Waals surface area contributed by atoms with Crippen molar-refractivity contribution in [1.29, 1.82) is 0 Å². The third-order valence-corrected chi connectivity index (χ3v) is 12.3. The maximum Gasteiger partial charge on any atom is -0.00954 e. The smallest absolute Gasteiger partial charge is 0.00954 e. The molecule has 0 amide bonds. The summed E-state index contributed by atoms with van der Waals surface area (Å²) in [6.07, 6.45) is 33.6. The number of hydrogen-bond acceptors (Lipinski definition) is 0. The molecule has 5 aliphatic rings. The lowest BCUT2D eigenvalue weighted by Gasteiger charge is -2.49. The molecular formula is C39H60. The Morgan fingerprint density at radius 1 is 0.769 bits per heavy atom. The molecule has 39 heavy (non-hydrogen) atoms. The van der Waals surface area contributed by atoms with Crippen molar-refractivity contribution < 1.29 is 0 Å². The van der Waals surface area contributed by atoms with Crippen molar-refractivity contribution in [2.75, 3.05) is 0 Å². The minimum Gasteiger partial charge on any atom is -0.103 e. The fourth-order valence-electron chi connectivity index (χ4n) is 9.87. The van der Waals surface area contributed by atoms with Crippen LogP contribution in [0.3, 0.4) is 0 Å². The van der Waals surface area contributed by atoms with E-state index in [0.717, 1.165) is 23.7 Å². The van der Waals surface area contributed by atoms with E-state index in [1.165, 1.54) is 70.6 Å². The van der Waals surface area contributed by atoms with E-state index in [1.807, 2.05) is 0 Å². The Kier molecular flexibility index (Phi) is 8.37. The van der Waals surface area contributed by atoms with Gasteiger partial charge in [-0.2, -0.15) is 0 Å². The van der Waals surface area contributed by atoms with E-state index < -0.39 is 0 Å². The second-order valence-electron chi connectivity index (χ2n) is 16.7. The summed E-state index contributed by atoms with van der Waals surface area (Å²) < 4.78 is 0. The average Bonchev–Trinajstić information content (AvgIpc) is 3.53. The van der Waals surface area contributed by atoms with Gasteiger partial charge in [-0.3, -0.25) is 0 Å². The molecule has 0 bridgehead atoms. The summed E-state index contributed by atoms with van der Waals surface area (Å²) in [4.78, 5) is 0. The Labute approximate surface area is 242 Å². The molecule has 0 radical (unpaired) electrons. The van der Waals surface area contributed by atoms with Gasteiger partial charge in [-0.1, -0.05) is 110 Å². The van der Waals surface area contributed by atoms with Crippen molar-refractivity contribution in [2.24, 2.45) is 63.6 Å². The lowest BCUT2D eigenvalue weighted by molar-refractivity contribution is 0.00585. The monoisotopic (exact) mass is 528 g/mol. The highest BCUT2D eigenvalue weighted by Crippen LogP contribution is 2.59. The normalized spacial score (nSPS) is 38.8. The predicted octanol–water partition coefficient (Wildman–Crippen LogP) is 11.5. The van der Waals surface area contributed by atoms with E-state index in [0.29, 0.717) is 29.1 Å². The summed E-state index contributed by atoms with van der Waals surface area (Å²) in [6.45, 7) is 21.2. The molecule has 0 N–H and O–H groups in total. The number of fused-ring (bicyclic) bond motifs is 3. The number of hydrogen-bond donors (Lipinski definition) is 0. The van der Waals surface area contributed by atoms with Crippen LogP contribution in [0, 0.1) is 63.6 Å². The van der Waals surface area contributed by atoms with E-state index in [4.69, 9.17) is 0 Å². The summed E-state index contributed by atoms with van der Waals surface area (Å²) in [6, 6.07) is 0. The fraction of sp³-hybridized carbons (Fsp3) is 0.744. The number of rotatable bonds is 7. The largest absolute Gasteiger partial charge is 0.103 e. The van der Waals surface area contributed by atoms with Gasteiger partial charge in [0.05, 0.1) is 0 Å². The molecule has 7 atom stereocenters. The first kappa shape index (κ1) is 29.2. The third-order valence-electron chi connectivity index (χ3n) is 12.3. The molecule has 0 aromatic carbocycles. The molecule has 3 fully saturated rings. The molecule has 0 saturated heterocycles. The van der Waals surface area contributed by atoms with Crippen molar-refractivity contribution in [3.05, 3.63) is 60.3 Å². The summed E-state index contributed by atoms with van der Waals surface area (Å²) in [5.74, 6) is 6.32. The Hall–Kier alpha value is -1.30. The molecule has 7 unspecified atom stereocenters. The molecule has 0 aliphatic heterocycles. The molecule has 0 aromatic rings. The first-order chi connectivity index (χ1) is 18.4. The molecule has 0 spiro atoms. The molecular weight excluding hydrogens is 468 g/mol. The summed E-state index contributed by atoms with van der Waals surface area (Å²) in [7, 11) is 0. The summed E-state index contributed by atoms with van der Waals surface area (Å²) >= 11 is 0. The van der Waals surface area contributed by atoms with Crippen LogP contribution in [0.5, 0.6) is 0 Å². The SMILES string of the molecule is C=CCCC1CCC(CCC2C3C=C(C(C)(C)C)C=CC3C3C=CC(C(C)(C)C)=CC32)C(C)(C2CCCC2)C1. The second-order valence-corrected chi connectivity index (χ2v) is 16.7. The highest BCUT2D eigenvalue weighted by Gasteiger charge is 2.50. The van der Waals surface area contributed by atoms with Crippen LogP contribution in [0.2, 0.25) is 0 Å². The average molecular weight is 529 g/mol. The van der Waals surface area contributed by atoms with Crippen molar-refractivity contribution >= 4 is 0 Å². The molecule has 216 valence electrons. The minimum atomic E-state index is 0.229. The molecule has 0 nitrogen and oxygen atoms in total. The Balaban J connectivity index is 1.41. The van der Waals surface area contributed by atoms with Crippen molar-refractivity contribution in [3.63, 3.8) is 0 Å². The van der Waals surface area contributed by atoms with Crippen LogP contribution in [0.25, 0.3) is 0 Å². The van der Waals surface area contributed by atoms with Gasteiger partial charge in [-0.15, -0.1) is 6.58 Å². The van der Waals surface area contributed by atoms with Gasteiger partial charge in [0, 0.05) is 0 Å². The summed E-state index contributed by atoms with van der Waals surface area (Å²) in [5, 5.41) is 0. The second kappa shape index (κ2) is 11.2. The van der Waals surface area contributed by atoms with Gasteiger partial charge in [-0.05, 0) is 126 Å². The van der Waals surface area contributed by atoms with Crippen LogP contribution in [-0.4, -0.2) is 0 Å². The third kappa shape index (κ3) is 5.88. The van der Waals surface area contributed by atoms with Gasteiger partial charge < -0.3 is 0 Å². The first-order valence-electron chi connectivity index (χ1n) is 16.8. The van der Waals surface area contributed by atoms with Crippen molar-refractivity contribution in [1.82, 2.24) is 0 Å². The zero-order chi connectivity index (χ0) is 28.0. The Bertz CT molecular complexity index is 944. The van der Waals surface area contributed by atoms with E-state index in [2.05, 4.69) is 97.6 Å². The van der Waals surface area contributed by atoms with Crippen LogP contribution in [0.1, 0.15) is 119 Å². The lowest BCUT2D eigenvalue weighted by atomic mass is 9.56. The Morgan fingerprint density at radius 2 is 1.33 bits per heavy atom. The standard InChI is InChI=1S/C39H60/c1-9-10-13-27-16-17-29(39(8,26-27)28-14-11-12-15-28)18-21-34-35-24-30(37(2,3)4)19-22-32(35)33-23-20-31(25-36(33)34)38(5,6)7/h9,19-20,22-25,27-29,32-36H,1,10-18,21,26H2,2-8H3. The minimum absolute atomic E-state index is 0.229. The highest BCUT2D eigenvalue weighted by atomic mass is 14.5. The van der Waals surface area contributed by atoms with E-state index in [9.17, 15) is 0 Å². The quantitative estimate of drug-likeness (QED) is 0.288. The summed E-state index contributed by atoms with van der Waals surface area (Å²) in [5.41, 5.74) is 4.14. The van der Waals surface area contributed by atoms with Crippen LogP contribution in [0.15, 0.2) is 60.3 Å². The van der Waals surface area contributed by atoms with Crippen molar-refractivity contribution in [3.8, 4) is 0 Å². The van der Waals surface area contributed by atoms with Crippen LogP contribution in [0.4, 0.5) is 0 Å². The van der Waals surface area contributed by atoms with Gasteiger partial charge >= 0.3 is 0 Å². The van der Waals surface area contributed by atoms with Crippen LogP contribution in [-0.2, 0) is 0 Å². The Morgan fingerprint density at radius 3 is 1.85 bits per heavy atom. The van der Waals surface area contributed by atoms with Gasteiger partial charge in [-0.25, -0.2) is 0 Å². The molecule has 0 aromatic heterocycles. The van der Waals surface area contributed by atoms with Gasteiger partial charge in [0.2, 0.25) is 0 Å². The van der Waals surface area contributed by atoms with Crippen molar-refractivity contribution in [2.45, 2.75) is 119 Å². The predicted molar refractivity (Wildman–Crippen MR) is 170 cm³/mol. The fourth-order valence-corrected chi connectivity index (χ4v) is 9.87. The molecule has 0 heterocycles. The maximum atomic E-state index is 4.04. The maximum absolute atomic E-state index is 4.04. The van der Waals surface area contributed by atoms with Gasteiger partial charge in [0.1, 0.15) is 0 Å². The lowest BCUT2D eigenvalue weighted by Crippen LogP contribution is -2.40. The molecule has 3 saturated carbocycles. The number of allylic oxidation sites excluding steroid dienone is 9. The van der Waals surface area contributed by atoms with E-state index in [-0.39, 0.29) is 10.8 Å². The zero-order valence-electron chi connectivity index (χ0n) is 26.6. The van der Waals surface area contributed by atoms with Gasteiger partial charge in [0.15, 0.2) is 0 Å². The topological polar surface area (TPSA) is 0 Å². The van der Waals surface area contributed by atoms with Gasteiger partial charge in [0.25, 0.3) is 0 Å². The first-order valence-corrected chi connectivity index (χ1v) is 16.8. The van der Waals surface area contributed by atoms with E-state index in [1.54, 1.807) is 11.1 Å². The molecule has 5 aliphatic carbocycles. The van der Waals surface area contributed by atoms with Crippen LogP contribution >= 0.6 is 0 Å².